The van der Waals surface area contributed by atoms with Crippen molar-refractivity contribution < 1.29 is 9.53 Å². The number of ether oxygens (including phenoxy) is 1. The molecule has 0 aliphatic carbocycles. The molecular formula is C17H21N3O2. The molecule has 1 amide bonds. The normalized spacial score (nSPS) is 12.0. The number of aryl methyl sites for hydroxylation is 2. The first-order valence-corrected chi connectivity index (χ1v) is 7.21. The summed E-state index contributed by atoms with van der Waals surface area (Å²) < 4.78 is 5.01. The molecule has 2 rings (SSSR count). The van der Waals surface area contributed by atoms with Gasteiger partial charge in [-0.1, -0.05) is 12.1 Å². The van der Waals surface area contributed by atoms with Gasteiger partial charge in [-0.15, -0.1) is 0 Å². The van der Waals surface area contributed by atoms with Gasteiger partial charge in [0.15, 0.2) is 0 Å². The van der Waals surface area contributed by atoms with Crippen LogP contribution in [0.4, 0.5) is 0 Å². The Labute approximate surface area is 130 Å². The average molecular weight is 299 g/mol. The zero-order chi connectivity index (χ0) is 16.1. The molecule has 1 aromatic carbocycles. The molecule has 1 N–H and O–H groups in total. The molecule has 1 atom stereocenters. The zero-order valence-electron chi connectivity index (χ0n) is 13.4. The molecule has 1 unspecified atom stereocenters. The van der Waals surface area contributed by atoms with E-state index in [1.54, 1.807) is 25.4 Å². The fourth-order valence-electron chi connectivity index (χ4n) is 2.07. The number of hydrogen-bond acceptors (Lipinski definition) is 4. The number of nitrogens with zero attached hydrogens (tertiary/aromatic N) is 2. The van der Waals surface area contributed by atoms with E-state index in [1.165, 1.54) is 0 Å². The maximum atomic E-state index is 12.1. The number of hydrogen-bond donors (Lipinski definition) is 1. The van der Waals surface area contributed by atoms with E-state index in [9.17, 15) is 4.79 Å². The van der Waals surface area contributed by atoms with Gasteiger partial charge in [0.2, 0.25) is 0 Å². The molecular weight excluding hydrogens is 278 g/mol. The van der Waals surface area contributed by atoms with E-state index in [-0.39, 0.29) is 11.9 Å². The Balaban J connectivity index is 2.12. The van der Waals surface area contributed by atoms with E-state index in [2.05, 4.69) is 15.3 Å². The zero-order valence-corrected chi connectivity index (χ0v) is 13.4. The molecule has 0 bridgehead atoms. The molecule has 1 aromatic heterocycles. The van der Waals surface area contributed by atoms with Gasteiger partial charge in [0.05, 0.1) is 29.9 Å². The van der Waals surface area contributed by atoms with E-state index in [0.717, 1.165) is 22.6 Å². The lowest BCUT2D eigenvalue weighted by atomic mass is 10.1. The predicted molar refractivity (Wildman–Crippen MR) is 85.7 cm³/mol. The first-order valence-electron chi connectivity index (χ1n) is 7.21. The highest BCUT2D eigenvalue weighted by molar-refractivity contribution is 5.94. The number of aromatic nitrogens is 2. The van der Waals surface area contributed by atoms with Gasteiger partial charge in [0.25, 0.3) is 5.91 Å². The van der Waals surface area contributed by atoms with Gasteiger partial charge < -0.3 is 10.1 Å². The summed E-state index contributed by atoms with van der Waals surface area (Å²) in [6.07, 6.45) is 1.75. The Morgan fingerprint density at radius 1 is 1.23 bits per heavy atom. The smallest absolute Gasteiger partial charge is 0.251 e. The number of carbonyl (C=O) groups excluding carboxylic acids is 1. The minimum atomic E-state index is -0.109. The van der Waals surface area contributed by atoms with E-state index < -0.39 is 0 Å². The van der Waals surface area contributed by atoms with Crippen LogP contribution in [-0.2, 0) is 4.74 Å². The Bertz CT molecular complexity index is 653. The number of amides is 1. The van der Waals surface area contributed by atoms with Gasteiger partial charge in [0.1, 0.15) is 0 Å². The second-order valence-electron chi connectivity index (χ2n) is 5.33. The molecule has 0 saturated heterocycles. The molecule has 5 nitrogen and oxygen atoms in total. The van der Waals surface area contributed by atoms with Crippen molar-refractivity contribution in [3.63, 3.8) is 0 Å². The molecule has 116 valence electrons. The molecule has 0 spiro atoms. The lowest BCUT2D eigenvalue weighted by Crippen LogP contribution is -2.35. The molecule has 0 radical (unpaired) electrons. The SMILES string of the molecule is COCC(C)NC(=O)c1ccc(-c2cnc(C)c(C)n2)cc1. The molecule has 5 heteroatoms. The maximum Gasteiger partial charge on any atom is 0.251 e. The summed E-state index contributed by atoms with van der Waals surface area (Å²) in [4.78, 5) is 20.9. The van der Waals surface area contributed by atoms with Crippen molar-refractivity contribution in [1.29, 1.82) is 0 Å². The van der Waals surface area contributed by atoms with Gasteiger partial charge in [-0.05, 0) is 32.9 Å². The highest BCUT2D eigenvalue weighted by atomic mass is 16.5. The van der Waals surface area contributed by atoms with Gasteiger partial charge >= 0.3 is 0 Å². The summed E-state index contributed by atoms with van der Waals surface area (Å²) in [5.74, 6) is -0.109. The summed E-state index contributed by atoms with van der Waals surface area (Å²) in [6.45, 7) is 6.26. The molecule has 0 aliphatic rings. The van der Waals surface area contributed by atoms with Crippen molar-refractivity contribution in [2.24, 2.45) is 0 Å². The van der Waals surface area contributed by atoms with E-state index in [4.69, 9.17) is 4.74 Å². The molecule has 0 fully saturated rings. The van der Waals surface area contributed by atoms with Crippen LogP contribution in [0.1, 0.15) is 28.7 Å². The summed E-state index contributed by atoms with van der Waals surface area (Å²) in [7, 11) is 1.61. The fourth-order valence-corrected chi connectivity index (χ4v) is 2.07. The second kappa shape index (κ2) is 7.13. The van der Waals surface area contributed by atoms with E-state index >= 15 is 0 Å². The van der Waals surface area contributed by atoms with Crippen molar-refractivity contribution in [3.05, 3.63) is 47.4 Å². The molecule has 1 heterocycles. The fraction of sp³-hybridized carbons (Fsp3) is 0.353. The van der Waals surface area contributed by atoms with Crippen LogP contribution in [0.5, 0.6) is 0 Å². The highest BCUT2D eigenvalue weighted by Crippen LogP contribution is 2.18. The van der Waals surface area contributed by atoms with Crippen LogP contribution in [0.15, 0.2) is 30.5 Å². The van der Waals surface area contributed by atoms with Crippen LogP contribution in [0.3, 0.4) is 0 Å². The number of methoxy groups -OCH3 is 1. The van der Waals surface area contributed by atoms with Crippen LogP contribution in [0, 0.1) is 13.8 Å². The van der Waals surface area contributed by atoms with E-state index in [0.29, 0.717) is 12.2 Å². The number of nitrogens with one attached hydrogen (secondary N) is 1. The minimum absolute atomic E-state index is 0.0252. The molecule has 0 saturated carbocycles. The summed E-state index contributed by atoms with van der Waals surface area (Å²) in [5.41, 5.74) is 4.20. The average Bonchev–Trinajstić information content (AvgIpc) is 2.50. The van der Waals surface area contributed by atoms with Crippen LogP contribution in [0.2, 0.25) is 0 Å². The first-order chi connectivity index (χ1) is 10.5. The molecule has 2 aromatic rings. The van der Waals surface area contributed by atoms with Crippen LogP contribution < -0.4 is 5.32 Å². The third-order valence-electron chi connectivity index (χ3n) is 3.43. The van der Waals surface area contributed by atoms with Crippen LogP contribution >= 0.6 is 0 Å². The molecule has 0 aliphatic heterocycles. The van der Waals surface area contributed by atoms with Crippen LogP contribution in [0.25, 0.3) is 11.3 Å². The van der Waals surface area contributed by atoms with Gasteiger partial charge in [0, 0.05) is 24.3 Å². The largest absolute Gasteiger partial charge is 0.383 e. The number of benzene rings is 1. The van der Waals surface area contributed by atoms with Crippen molar-refractivity contribution >= 4 is 5.91 Å². The third kappa shape index (κ3) is 3.89. The third-order valence-corrected chi connectivity index (χ3v) is 3.43. The molecule has 22 heavy (non-hydrogen) atoms. The summed E-state index contributed by atoms with van der Waals surface area (Å²) in [6, 6.07) is 7.33. The second-order valence-corrected chi connectivity index (χ2v) is 5.33. The maximum absolute atomic E-state index is 12.1. The Morgan fingerprint density at radius 3 is 2.50 bits per heavy atom. The van der Waals surface area contributed by atoms with Crippen molar-refractivity contribution in [2.45, 2.75) is 26.8 Å². The predicted octanol–water partition coefficient (Wildman–Crippen LogP) is 2.53. The monoisotopic (exact) mass is 299 g/mol. The number of rotatable bonds is 5. The van der Waals surface area contributed by atoms with Gasteiger partial charge in [-0.3, -0.25) is 9.78 Å². The standard InChI is InChI=1S/C17H21N3O2/c1-11(10-22-4)19-17(21)15-7-5-14(6-8-15)16-9-18-12(2)13(3)20-16/h5-9,11H,10H2,1-4H3,(H,19,21). The summed E-state index contributed by atoms with van der Waals surface area (Å²) >= 11 is 0. The summed E-state index contributed by atoms with van der Waals surface area (Å²) in [5, 5.41) is 2.88. The lowest BCUT2D eigenvalue weighted by molar-refractivity contribution is 0.0905. The number of carbonyl (C=O) groups is 1. The topological polar surface area (TPSA) is 64.1 Å². The Morgan fingerprint density at radius 2 is 1.91 bits per heavy atom. The van der Waals surface area contributed by atoms with E-state index in [1.807, 2.05) is 32.9 Å². The Kier molecular flexibility index (Phi) is 5.22. The van der Waals surface area contributed by atoms with Crippen molar-refractivity contribution in [2.75, 3.05) is 13.7 Å². The van der Waals surface area contributed by atoms with Crippen molar-refractivity contribution in [3.8, 4) is 11.3 Å². The quantitative estimate of drug-likeness (QED) is 0.921. The first kappa shape index (κ1) is 16.1. The van der Waals surface area contributed by atoms with Gasteiger partial charge in [-0.2, -0.15) is 0 Å². The lowest BCUT2D eigenvalue weighted by Gasteiger charge is -2.13. The van der Waals surface area contributed by atoms with Crippen LogP contribution in [-0.4, -0.2) is 35.6 Å². The van der Waals surface area contributed by atoms with Crippen molar-refractivity contribution in [1.82, 2.24) is 15.3 Å². The minimum Gasteiger partial charge on any atom is -0.383 e. The van der Waals surface area contributed by atoms with Gasteiger partial charge in [-0.25, -0.2) is 4.98 Å². The Hall–Kier alpha value is -2.27. The highest BCUT2D eigenvalue weighted by Gasteiger charge is 2.10.